The van der Waals surface area contributed by atoms with E-state index in [0.717, 1.165) is 22.5 Å². The zero-order valence-electron chi connectivity index (χ0n) is 18.5. The second-order valence-electron chi connectivity index (χ2n) is 9.08. The molecule has 3 aromatic carbocycles. The highest BCUT2D eigenvalue weighted by molar-refractivity contribution is 6.14. The van der Waals surface area contributed by atoms with Crippen LogP contribution in [-0.4, -0.2) is 11.8 Å². The van der Waals surface area contributed by atoms with E-state index in [2.05, 4.69) is 112 Å². The Morgan fingerprint density at radius 1 is 0.867 bits per heavy atom. The fourth-order valence-electron chi connectivity index (χ4n) is 4.93. The molecule has 0 aromatic heterocycles. The van der Waals surface area contributed by atoms with E-state index in [1.54, 1.807) is 0 Å². The Kier molecular flexibility index (Phi) is 5.76. The zero-order valence-corrected chi connectivity index (χ0v) is 18.5. The largest absolute Gasteiger partial charge is 0.379 e. The van der Waals surface area contributed by atoms with Crippen molar-refractivity contribution in [3.63, 3.8) is 0 Å². The van der Waals surface area contributed by atoms with Crippen molar-refractivity contribution in [1.82, 2.24) is 0 Å². The molecular formula is C28H32N2. The van der Waals surface area contributed by atoms with Gasteiger partial charge in [-0.2, -0.15) is 0 Å². The van der Waals surface area contributed by atoms with Gasteiger partial charge in [-0.25, -0.2) is 4.99 Å². The fourth-order valence-corrected chi connectivity index (χ4v) is 4.93. The number of nitrogens with zero attached hydrogens (tertiary/aromatic N) is 1. The molecule has 2 heteroatoms. The average molecular weight is 397 g/mol. The van der Waals surface area contributed by atoms with Crippen LogP contribution in [0, 0.1) is 5.41 Å². The third-order valence-corrected chi connectivity index (χ3v) is 6.43. The minimum absolute atomic E-state index is 0.232. The number of aliphatic imine (C=N–C) groups is 1. The van der Waals surface area contributed by atoms with Gasteiger partial charge >= 0.3 is 0 Å². The van der Waals surface area contributed by atoms with Crippen molar-refractivity contribution >= 4 is 17.1 Å². The van der Waals surface area contributed by atoms with Crippen LogP contribution in [0.3, 0.4) is 0 Å². The van der Waals surface area contributed by atoms with E-state index in [-0.39, 0.29) is 5.41 Å². The molecule has 0 amide bonds. The predicted molar refractivity (Wildman–Crippen MR) is 129 cm³/mol. The van der Waals surface area contributed by atoms with Crippen molar-refractivity contribution in [3.05, 3.63) is 95.6 Å². The van der Waals surface area contributed by atoms with E-state index < -0.39 is 0 Å². The zero-order chi connectivity index (χ0) is 21.1. The van der Waals surface area contributed by atoms with Gasteiger partial charge in [0.05, 0.1) is 17.1 Å². The molecule has 1 aliphatic rings. The molecule has 3 aromatic rings. The second-order valence-corrected chi connectivity index (χ2v) is 9.08. The highest BCUT2D eigenvalue weighted by Crippen LogP contribution is 2.48. The molecular weight excluding hydrogens is 364 g/mol. The van der Waals surface area contributed by atoms with Crippen LogP contribution in [0.5, 0.6) is 0 Å². The summed E-state index contributed by atoms with van der Waals surface area (Å²) < 4.78 is 0. The highest BCUT2D eigenvalue weighted by Gasteiger charge is 2.39. The fraction of sp³-hybridized carbons (Fsp3) is 0.321. The molecule has 0 fully saturated rings. The van der Waals surface area contributed by atoms with Crippen LogP contribution in [0.25, 0.3) is 0 Å². The van der Waals surface area contributed by atoms with Crippen molar-refractivity contribution in [2.75, 3.05) is 5.32 Å². The molecule has 1 N–H and O–H groups in total. The third kappa shape index (κ3) is 3.92. The van der Waals surface area contributed by atoms with Gasteiger partial charge in [0.15, 0.2) is 0 Å². The van der Waals surface area contributed by atoms with Gasteiger partial charge in [0.25, 0.3) is 0 Å². The van der Waals surface area contributed by atoms with Crippen molar-refractivity contribution in [1.29, 1.82) is 0 Å². The molecule has 0 spiro atoms. The summed E-state index contributed by atoms with van der Waals surface area (Å²) in [5.74, 6) is 0.466. The van der Waals surface area contributed by atoms with E-state index in [1.807, 2.05) is 0 Å². The number of rotatable bonds is 6. The van der Waals surface area contributed by atoms with Gasteiger partial charge in [-0.05, 0) is 23.5 Å². The van der Waals surface area contributed by atoms with Crippen LogP contribution in [0.2, 0.25) is 0 Å². The Balaban J connectivity index is 1.80. The van der Waals surface area contributed by atoms with Gasteiger partial charge in [0, 0.05) is 23.1 Å². The number of fused-ring (bicyclic) bond motifs is 1. The minimum Gasteiger partial charge on any atom is -0.379 e. The molecule has 30 heavy (non-hydrogen) atoms. The van der Waals surface area contributed by atoms with Gasteiger partial charge in [-0.1, -0.05) is 107 Å². The Morgan fingerprint density at radius 3 is 2.03 bits per heavy atom. The van der Waals surface area contributed by atoms with Crippen LogP contribution in [0.1, 0.15) is 63.1 Å². The van der Waals surface area contributed by atoms with E-state index in [9.17, 15) is 0 Å². The van der Waals surface area contributed by atoms with Gasteiger partial charge in [-0.3, -0.25) is 0 Å². The Bertz CT molecular complexity index is 978. The predicted octanol–water partition coefficient (Wildman–Crippen LogP) is 7.58. The lowest BCUT2D eigenvalue weighted by Gasteiger charge is -2.35. The van der Waals surface area contributed by atoms with Gasteiger partial charge < -0.3 is 5.32 Å². The van der Waals surface area contributed by atoms with E-state index in [4.69, 9.17) is 4.99 Å². The molecule has 0 radical (unpaired) electrons. The molecule has 2 nitrogen and oxygen atoms in total. The summed E-state index contributed by atoms with van der Waals surface area (Å²) in [5.41, 5.74) is 7.11. The molecule has 4 rings (SSSR count). The van der Waals surface area contributed by atoms with Crippen molar-refractivity contribution < 1.29 is 0 Å². The van der Waals surface area contributed by atoms with Gasteiger partial charge in [0.2, 0.25) is 0 Å². The number of benzene rings is 3. The maximum atomic E-state index is 5.22. The number of hydrogen-bond donors (Lipinski definition) is 1. The van der Waals surface area contributed by atoms with Crippen LogP contribution in [0.4, 0.5) is 11.4 Å². The highest BCUT2D eigenvalue weighted by atomic mass is 15.0. The van der Waals surface area contributed by atoms with Crippen LogP contribution in [-0.2, 0) is 0 Å². The van der Waals surface area contributed by atoms with Gasteiger partial charge in [-0.15, -0.1) is 0 Å². The Morgan fingerprint density at radius 2 is 1.47 bits per heavy atom. The summed E-state index contributed by atoms with van der Waals surface area (Å²) in [6, 6.07) is 27.9. The number of anilines is 1. The first-order chi connectivity index (χ1) is 14.5. The van der Waals surface area contributed by atoms with Crippen molar-refractivity contribution in [2.24, 2.45) is 10.4 Å². The summed E-state index contributed by atoms with van der Waals surface area (Å²) in [6.45, 7) is 9.40. The standard InChI is InChI=1S/C28H32N2/c1-5-19-28(3,4)27-20(2)23-17-12-18-24(26(23)30-27)29-25(21-13-8-6-9-14-21)22-15-10-7-11-16-22/h6-18,20,27,30H,5,19H2,1-4H3. The molecule has 2 atom stereocenters. The van der Waals surface area contributed by atoms with Crippen molar-refractivity contribution in [2.45, 2.75) is 52.5 Å². The SMILES string of the molecule is CCCC(C)(C)C1Nc2c(N=C(c3ccccc3)c3ccccc3)cccc2C1C. The first kappa shape index (κ1) is 20.4. The Labute approximate surface area is 181 Å². The summed E-state index contributed by atoms with van der Waals surface area (Å²) >= 11 is 0. The lowest BCUT2D eigenvalue weighted by atomic mass is 9.75. The van der Waals surface area contributed by atoms with Crippen LogP contribution < -0.4 is 5.32 Å². The first-order valence-electron chi connectivity index (χ1n) is 11.1. The van der Waals surface area contributed by atoms with Crippen molar-refractivity contribution in [3.8, 4) is 0 Å². The average Bonchev–Trinajstić information content (AvgIpc) is 3.11. The molecule has 0 saturated carbocycles. The first-order valence-corrected chi connectivity index (χ1v) is 11.1. The molecule has 1 heterocycles. The molecule has 154 valence electrons. The molecule has 0 bridgehead atoms. The van der Waals surface area contributed by atoms with E-state index in [1.165, 1.54) is 24.1 Å². The lowest BCUT2D eigenvalue weighted by molar-refractivity contribution is 0.260. The third-order valence-electron chi connectivity index (χ3n) is 6.43. The normalized spacial score (nSPS) is 17.9. The van der Waals surface area contributed by atoms with Crippen LogP contribution in [0.15, 0.2) is 83.9 Å². The smallest absolute Gasteiger partial charge is 0.0871 e. The molecule has 0 aliphatic carbocycles. The topological polar surface area (TPSA) is 24.4 Å². The van der Waals surface area contributed by atoms with Gasteiger partial charge in [0.1, 0.15) is 0 Å². The maximum Gasteiger partial charge on any atom is 0.0871 e. The second kappa shape index (κ2) is 8.47. The summed E-state index contributed by atoms with van der Waals surface area (Å²) in [6.07, 6.45) is 2.41. The maximum absolute atomic E-state index is 5.22. The summed E-state index contributed by atoms with van der Waals surface area (Å²) in [5, 5.41) is 3.88. The monoisotopic (exact) mass is 396 g/mol. The number of hydrogen-bond acceptors (Lipinski definition) is 2. The Hall–Kier alpha value is -2.87. The number of para-hydroxylation sites is 1. The van der Waals surface area contributed by atoms with Crippen LogP contribution >= 0.6 is 0 Å². The summed E-state index contributed by atoms with van der Waals surface area (Å²) in [7, 11) is 0. The number of nitrogens with one attached hydrogen (secondary N) is 1. The molecule has 0 saturated heterocycles. The lowest BCUT2D eigenvalue weighted by Crippen LogP contribution is -2.36. The minimum atomic E-state index is 0.232. The van der Waals surface area contributed by atoms with E-state index in [0.29, 0.717) is 12.0 Å². The molecule has 2 unspecified atom stereocenters. The van der Waals surface area contributed by atoms with E-state index >= 15 is 0 Å². The summed E-state index contributed by atoms with van der Waals surface area (Å²) in [4.78, 5) is 5.22. The quantitative estimate of drug-likeness (QED) is 0.427. The molecule has 1 aliphatic heterocycles.